The Morgan fingerprint density at radius 1 is 1.38 bits per heavy atom. The smallest absolute Gasteiger partial charge is 0.235 e. The normalized spacial score (nSPS) is 12.0. The number of hydrogen-bond acceptors (Lipinski definition) is 6. The third-order valence-electron chi connectivity index (χ3n) is 3.53. The van der Waals surface area contributed by atoms with Crippen molar-refractivity contribution < 1.29 is 4.79 Å². The van der Waals surface area contributed by atoms with E-state index in [1.54, 1.807) is 0 Å². The number of halogens is 1. The van der Waals surface area contributed by atoms with E-state index >= 15 is 0 Å². The highest BCUT2D eigenvalue weighted by molar-refractivity contribution is 8.02. The van der Waals surface area contributed by atoms with Gasteiger partial charge in [-0.25, -0.2) is 0 Å². The summed E-state index contributed by atoms with van der Waals surface area (Å²) in [4.78, 5) is 14.1. The number of aryl methyl sites for hydroxylation is 1. The summed E-state index contributed by atoms with van der Waals surface area (Å²) in [6.07, 6.45) is 0. The van der Waals surface area contributed by atoms with Crippen LogP contribution in [-0.4, -0.2) is 39.3 Å². The number of anilines is 2. The molecule has 0 bridgehead atoms. The van der Waals surface area contributed by atoms with Crippen molar-refractivity contribution in [3.8, 4) is 0 Å². The second-order valence-corrected chi connectivity index (χ2v) is 8.21. The highest BCUT2D eigenvalue weighted by Crippen LogP contribution is 2.31. The number of benzene rings is 1. The molecule has 1 aromatic carbocycles. The summed E-state index contributed by atoms with van der Waals surface area (Å²) in [5.74, 6) is 0.125. The maximum atomic E-state index is 12.3. The molecule has 0 aliphatic heterocycles. The zero-order valence-corrected chi connectivity index (χ0v) is 16.6. The molecular weight excluding hydrogens is 364 g/mol. The lowest BCUT2D eigenvalue weighted by molar-refractivity contribution is -0.129. The van der Waals surface area contributed by atoms with E-state index in [2.05, 4.69) is 15.5 Å². The minimum atomic E-state index is -0.181. The van der Waals surface area contributed by atoms with Gasteiger partial charge in [0.15, 0.2) is 4.34 Å². The van der Waals surface area contributed by atoms with Crippen LogP contribution in [0, 0.1) is 6.92 Å². The number of aromatic nitrogens is 2. The highest BCUT2D eigenvalue weighted by Gasteiger charge is 2.21. The molecule has 0 radical (unpaired) electrons. The van der Waals surface area contributed by atoms with Gasteiger partial charge in [0.1, 0.15) is 0 Å². The van der Waals surface area contributed by atoms with Gasteiger partial charge in [-0.15, -0.1) is 10.2 Å². The van der Waals surface area contributed by atoms with Crippen molar-refractivity contribution in [3.05, 3.63) is 28.8 Å². The molecule has 2 aromatic rings. The van der Waals surface area contributed by atoms with Crippen LogP contribution in [0.5, 0.6) is 0 Å². The Kier molecular flexibility index (Phi) is 6.89. The van der Waals surface area contributed by atoms with Gasteiger partial charge < -0.3 is 10.2 Å². The Morgan fingerprint density at radius 3 is 2.71 bits per heavy atom. The van der Waals surface area contributed by atoms with Crippen molar-refractivity contribution in [2.24, 2.45) is 0 Å². The van der Waals surface area contributed by atoms with Crippen LogP contribution in [0.4, 0.5) is 10.8 Å². The van der Waals surface area contributed by atoms with Gasteiger partial charge in [0, 0.05) is 23.8 Å². The third kappa shape index (κ3) is 4.84. The summed E-state index contributed by atoms with van der Waals surface area (Å²) in [5.41, 5.74) is 1.89. The number of hydrogen-bond donors (Lipinski definition) is 1. The van der Waals surface area contributed by atoms with E-state index in [1.165, 1.54) is 23.1 Å². The number of carbonyl (C=O) groups is 1. The third-order valence-corrected chi connectivity index (χ3v) is 5.95. The largest absolute Gasteiger partial charge is 0.342 e. The first-order valence-electron chi connectivity index (χ1n) is 7.76. The van der Waals surface area contributed by atoms with E-state index in [0.29, 0.717) is 10.2 Å². The second-order valence-electron chi connectivity index (χ2n) is 5.23. The molecule has 1 atom stereocenters. The Balaban J connectivity index is 2.00. The van der Waals surface area contributed by atoms with Gasteiger partial charge in [-0.05, 0) is 45.4 Å². The Labute approximate surface area is 155 Å². The molecule has 2 rings (SSSR count). The van der Waals surface area contributed by atoms with E-state index in [9.17, 15) is 4.79 Å². The van der Waals surface area contributed by atoms with Crippen LogP contribution in [-0.2, 0) is 4.79 Å². The van der Waals surface area contributed by atoms with Crippen LogP contribution >= 0.6 is 34.7 Å². The van der Waals surface area contributed by atoms with E-state index in [1.807, 2.05) is 50.8 Å². The second kappa shape index (κ2) is 8.69. The predicted octanol–water partition coefficient (Wildman–Crippen LogP) is 4.59. The molecular formula is C16H21ClN4OS2. The first-order chi connectivity index (χ1) is 11.4. The molecule has 0 aliphatic carbocycles. The molecule has 1 aromatic heterocycles. The number of nitrogens with zero attached hydrogens (tertiary/aromatic N) is 3. The van der Waals surface area contributed by atoms with Gasteiger partial charge in [0.05, 0.1) is 5.25 Å². The summed E-state index contributed by atoms with van der Waals surface area (Å²) in [5, 5.41) is 12.7. The van der Waals surface area contributed by atoms with Crippen LogP contribution < -0.4 is 5.32 Å². The fraction of sp³-hybridized carbons (Fsp3) is 0.438. The molecule has 5 nitrogen and oxygen atoms in total. The van der Waals surface area contributed by atoms with Gasteiger partial charge in [0.2, 0.25) is 11.0 Å². The average Bonchev–Trinajstić information content (AvgIpc) is 2.99. The quantitative estimate of drug-likeness (QED) is 0.707. The highest BCUT2D eigenvalue weighted by atomic mass is 35.5. The van der Waals surface area contributed by atoms with Crippen LogP contribution in [0.15, 0.2) is 22.5 Å². The van der Waals surface area contributed by atoms with E-state index < -0.39 is 0 Å². The van der Waals surface area contributed by atoms with Gasteiger partial charge in [-0.2, -0.15) is 0 Å². The van der Waals surface area contributed by atoms with Gasteiger partial charge in [-0.1, -0.05) is 40.8 Å². The summed E-state index contributed by atoms with van der Waals surface area (Å²) in [6, 6.07) is 5.76. The van der Waals surface area contributed by atoms with Crippen LogP contribution in [0.1, 0.15) is 26.3 Å². The maximum Gasteiger partial charge on any atom is 0.235 e. The van der Waals surface area contributed by atoms with Crippen LogP contribution in [0.25, 0.3) is 0 Å². The fourth-order valence-corrected chi connectivity index (χ4v) is 4.28. The number of amides is 1. The SMILES string of the molecule is CCN(CC)C(=O)C(C)Sc1nnc(Nc2ccc(C)c(Cl)c2)s1. The van der Waals surface area contributed by atoms with Crippen molar-refractivity contribution in [1.29, 1.82) is 0 Å². The van der Waals surface area contributed by atoms with Gasteiger partial charge in [-0.3, -0.25) is 4.79 Å². The fourth-order valence-electron chi connectivity index (χ4n) is 2.10. The molecule has 1 heterocycles. The lowest BCUT2D eigenvalue weighted by Gasteiger charge is -2.21. The number of nitrogens with one attached hydrogen (secondary N) is 1. The monoisotopic (exact) mass is 384 g/mol. The molecule has 130 valence electrons. The van der Waals surface area contributed by atoms with Crippen molar-refractivity contribution >= 4 is 51.4 Å². The van der Waals surface area contributed by atoms with E-state index in [0.717, 1.165) is 28.7 Å². The van der Waals surface area contributed by atoms with Crippen molar-refractivity contribution in [2.75, 3.05) is 18.4 Å². The summed E-state index contributed by atoms with van der Waals surface area (Å²) in [6.45, 7) is 9.27. The molecule has 0 aliphatic rings. The molecule has 0 saturated carbocycles. The Hall–Kier alpha value is -1.31. The number of thioether (sulfide) groups is 1. The zero-order valence-electron chi connectivity index (χ0n) is 14.2. The summed E-state index contributed by atoms with van der Waals surface area (Å²) in [7, 11) is 0. The molecule has 1 N–H and O–H groups in total. The van der Waals surface area contributed by atoms with Gasteiger partial charge >= 0.3 is 0 Å². The zero-order chi connectivity index (χ0) is 17.7. The molecule has 0 saturated heterocycles. The minimum Gasteiger partial charge on any atom is -0.342 e. The van der Waals surface area contributed by atoms with Crippen LogP contribution in [0.3, 0.4) is 0 Å². The maximum absolute atomic E-state index is 12.3. The Bertz CT molecular complexity index is 703. The van der Waals surface area contributed by atoms with Crippen molar-refractivity contribution in [3.63, 3.8) is 0 Å². The first kappa shape index (κ1) is 19.0. The number of rotatable bonds is 7. The van der Waals surface area contributed by atoms with Crippen LogP contribution in [0.2, 0.25) is 5.02 Å². The molecule has 1 amide bonds. The molecule has 8 heteroatoms. The molecule has 0 spiro atoms. The van der Waals surface area contributed by atoms with Crippen molar-refractivity contribution in [1.82, 2.24) is 15.1 Å². The molecule has 0 fully saturated rings. The lowest BCUT2D eigenvalue weighted by atomic mass is 10.2. The average molecular weight is 385 g/mol. The van der Waals surface area contributed by atoms with E-state index in [-0.39, 0.29) is 11.2 Å². The minimum absolute atomic E-state index is 0.125. The van der Waals surface area contributed by atoms with Crippen molar-refractivity contribution in [2.45, 2.75) is 37.3 Å². The molecule has 1 unspecified atom stereocenters. The lowest BCUT2D eigenvalue weighted by Crippen LogP contribution is -2.36. The van der Waals surface area contributed by atoms with Gasteiger partial charge in [0.25, 0.3) is 0 Å². The summed E-state index contributed by atoms with van der Waals surface area (Å²) < 4.78 is 0.767. The summed E-state index contributed by atoms with van der Waals surface area (Å²) >= 11 is 8.99. The first-order valence-corrected chi connectivity index (χ1v) is 9.84. The predicted molar refractivity (Wildman–Crippen MR) is 103 cm³/mol. The van der Waals surface area contributed by atoms with E-state index in [4.69, 9.17) is 11.6 Å². The topological polar surface area (TPSA) is 58.1 Å². The Morgan fingerprint density at radius 2 is 2.08 bits per heavy atom. The standard InChI is InChI=1S/C16H21ClN4OS2/c1-5-21(6-2)14(22)11(4)23-16-20-19-15(24-16)18-12-8-7-10(3)13(17)9-12/h7-9,11H,5-6H2,1-4H3,(H,18,19). The molecule has 24 heavy (non-hydrogen) atoms. The number of carbonyl (C=O) groups excluding carboxylic acids is 1.